The normalized spacial score (nSPS) is 14.3. The van der Waals surface area contributed by atoms with Crippen LogP contribution in [-0.4, -0.2) is 44.0 Å². The molecular weight excluding hydrogens is 320 g/mol. The van der Waals surface area contributed by atoms with Gasteiger partial charge < -0.3 is 9.84 Å². The molecule has 2 aromatic heterocycles. The van der Waals surface area contributed by atoms with E-state index in [1.54, 1.807) is 0 Å². The van der Waals surface area contributed by atoms with E-state index in [1.165, 1.54) is 5.56 Å². The number of hydrogen-bond donors (Lipinski definition) is 1. The van der Waals surface area contributed by atoms with Crippen LogP contribution < -0.4 is 5.32 Å². The molecule has 25 heavy (non-hydrogen) atoms. The molecule has 0 atom stereocenters. The van der Waals surface area contributed by atoms with Crippen molar-refractivity contribution in [2.75, 3.05) is 13.1 Å². The van der Waals surface area contributed by atoms with Gasteiger partial charge in [0, 0.05) is 25.8 Å². The van der Waals surface area contributed by atoms with Crippen LogP contribution in [0.5, 0.6) is 0 Å². The molecule has 1 N–H and O–H groups in total. The number of aromatic nitrogens is 4. The zero-order valence-electron chi connectivity index (χ0n) is 14.8. The average Bonchev–Trinajstić information content (AvgIpc) is 3.01. The lowest BCUT2D eigenvalue weighted by Gasteiger charge is -2.26. The highest BCUT2D eigenvalue weighted by molar-refractivity contribution is 5.77. The fraction of sp³-hybridized carbons (Fsp3) is 0.588. The van der Waals surface area contributed by atoms with E-state index in [0.717, 1.165) is 43.9 Å². The maximum atomic E-state index is 11.8. The summed E-state index contributed by atoms with van der Waals surface area (Å²) in [4.78, 5) is 27.1. The van der Waals surface area contributed by atoms with E-state index in [0.29, 0.717) is 24.8 Å². The smallest absolute Gasteiger partial charge is 0.240 e. The third-order valence-electron chi connectivity index (χ3n) is 4.19. The standard InChI is InChI=1S/C17H24N6O2/c1-3-4-6-18-16(24)8-15-21-17(25-22-15)11-23-7-5-13-9-19-12(2)20-14(13)10-23/h9H,3-8,10-11H2,1-2H3,(H,18,24). The largest absolute Gasteiger partial charge is 0.356 e. The van der Waals surface area contributed by atoms with Crippen molar-refractivity contribution in [1.29, 1.82) is 0 Å². The van der Waals surface area contributed by atoms with Crippen molar-refractivity contribution >= 4 is 5.91 Å². The third-order valence-corrected chi connectivity index (χ3v) is 4.19. The van der Waals surface area contributed by atoms with Gasteiger partial charge in [-0.1, -0.05) is 18.5 Å². The van der Waals surface area contributed by atoms with Crippen molar-refractivity contribution in [3.63, 3.8) is 0 Å². The Kier molecular flexibility index (Phi) is 5.70. The van der Waals surface area contributed by atoms with Crippen LogP contribution in [0.25, 0.3) is 0 Å². The Morgan fingerprint density at radius 3 is 3.12 bits per heavy atom. The van der Waals surface area contributed by atoms with Crippen LogP contribution >= 0.6 is 0 Å². The highest BCUT2D eigenvalue weighted by Gasteiger charge is 2.20. The van der Waals surface area contributed by atoms with Crippen LogP contribution in [-0.2, 0) is 30.7 Å². The summed E-state index contributed by atoms with van der Waals surface area (Å²) in [7, 11) is 0. The summed E-state index contributed by atoms with van der Waals surface area (Å²) in [6, 6.07) is 0. The van der Waals surface area contributed by atoms with Gasteiger partial charge in [0.15, 0.2) is 5.82 Å². The van der Waals surface area contributed by atoms with Crippen molar-refractivity contribution in [3.05, 3.63) is 35.0 Å². The second-order valence-corrected chi connectivity index (χ2v) is 6.33. The van der Waals surface area contributed by atoms with Crippen molar-refractivity contribution in [3.8, 4) is 0 Å². The highest BCUT2D eigenvalue weighted by Crippen LogP contribution is 2.18. The monoisotopic (exact) mass is 344 g/mol. The van der Waals surface area contributed by atoms with Gasteiger partial charge in [-0.25, -0.2) is 9.97 Å². The fourth-order valence-electron chi connectivity index (χ4n) is 2.82. The lowest BCUT2D eigenvalue weighted by Crippen LogP contribution is -2.31. The average molecular weight is 344 g/mol. The van der Waals surface area contributed by atoms with E-state index >= 15 is 0 Å². The van der Waals surface area contributed by atoms with E-state index in [4.69, 9.17) is 4.52 Å². The summed E-state index contributed by atoms with van der Waals surface area (Å²) in [5.41, 5.74) is 2.27. The molecular formula is C17H24N6O2. The van der Waals surface area contributed by atoms with Gasteiger partial charge in [0.2, 0.25) is 11.8 Å². The highest BCUT2D eigenvalue weighted by atomic mass is 16.5. The first kappa shape index (κ1) is 17.5. The van der Waals surface area contributed by atoms with Gasteiger partial charge in [-0.2, -0.15) is 4.98 Å². The number of amides is 1. The summed E-state index contributed by atoms with van der Waals surface area (Å²) >= 11 is 0. The van der Waals surface area contributed by atoms with E-state index < -0.39 is 0 Å². The first-order valence-corrected chi connectivity index (χ1v) is 8.76. The quantitative estimate of drug-likeness (QED) is 0.753. The molecule has 3 rings (SSSR count). The van der Waals surface area contributed by atoms with E-state index in [1.807, 2.05) is 13.1 Å². The molecule has 1 amide bonds. The molecule has 0 aliphatic carbocycles. The number of rotatable bonds is 7. The van der Waals surface area contributed by atoms with Gasteiger partial charge in [-0.3, -0.25) is 9.69 Å². The molecule has 0 spiro atoms. The summed E-state index contributed by atoms with van der Waals surface area (Å²) in [6.07, 6.45) is 5.01. The van der Waals surface area contributed by atoms with Crippen LogP contribution in [0.15, 0.2) is 10.7 Å². The van der Waals surface area contributed by atoms with Gasteiger partial charge in [0.25, 0.3) is 0 Å². The van der Waals surface area contributed by atoms with Crippen molar-refractivity contribution < 1.29 is 9.32 Å². The van der Waals surface area contributed by atoms with Gasteiger partial charge in [0.1, 0.15) is 5.82 Å². The fourth-order valence-corrected chi connectivity index (χ4v) is 2.82. The van der Waals surface area contributed by atoms with Gasteiger partial charge in [-0.15, -0.1) is 0 Å². The zero-order valence-corrected chi connectivity index (χ0v) is 14.8. The predicted molar refractivity (Wildman–Crippen MR) is 90.5 cm³/mol. The van der Waals surface area contributed by atoms with E-state index in [9.17, 15) is 4.79 Å². The van der Waals surface area contributed by atoms with Gasteiger partial charge in [0.05, 0.1) is 18.7 Å². The zero-order chi connectivity index (χ0) is 17.6. The molecule has 1 aliphatic rings. The molecule has 8 nitrogen and oxygen atoms in total. The number of carbonyl (C=O) groups excluding carboxylic acids is 1. The number of fused-ring (bicyclic) bond motifs is 1. The first-order valence-electron chi connectivity index (χ1n) is 8.76. The van der Waals surface area contributed by atoms with Gasteiger partial charge >= 0.3 is 0 Å². The summed E-state index contributed by atoms with van der Waals surface area (Å²) in [5, 5.41) is 6.76. The van der Waals surface area contributed by atoms with Crippen LogP contribution in [0.4, 0.5) is 0 Å². The maximum Gasteiger partial charge on any atom is 0.240 e. The molecule has 2 aromatic rings. The number of aryl methyl sites for hydroxylation is 1. The number of hydrogen-bond acceptors (Lipinski definition) is 7. The molecule has 0 bridgehead atoms. The van der Waals surface area contributed by atoms with Crippen molar-refractivity contribution in [2.45, 2.75) is 52.6 Å². The topological polar surface area (TPSA) is 97.0 Å². The Bertz CT molecular complexity index is 730. The summed E-state index contributed by atoms with van der Waals surface area (Å²) in [5.74, 6) is 1.68. The second-order valence-electron chi connectivity index (χ2n) is 6.33. The minimum absolute atomic E-state index is 0.0696. The van der Waals surface area contributed by atoms with Crippen molar-refractivity contribution in [2.24, 2.45) is 0 Å². The van der Waals surface area contributed by atoms with Crippen molar-refractivity contribution in [1.82, 2.24) is 30.3 Å². The molecule has 0 radical (unpaired) electrons. The van der Waals surface area contributed by atoms with Crippen LogP contribution in [0.1, 0.15) is 48.6 Å². The van der Waals surface area contributed by atoms with Crippen LogP contribution in [0.3, 0.4) is 0 Å². The Balaban J connectivity index is 1.52. The molecule has 0 aromatic carbocycles. The number of carbonyl (C=O) groups is 1. The number of unbranched alkanes of at least 4 members (excludes halogenated alkanes) is 1. The maximum absolute atomic E-state index is 11.8. The lowest BCUT2D eigenvalue weighted by molar-refractivity contribution is -0.120. The number of nitrogens with zero attached hydrogens (tertiary/aromatic N) is 5. The SMILES string of the molecule is CCCCNC(=O)Cc1noc(CN2CCc3cnc(C)nc3C2)n1. The van der Waals surface area contributed by atoms with Crippen LogP contribution in [0, 0.1) is 6.92 Å². The molecule has 3 heterocycles. The molecule has 134 valence electrons. The molecule has 8 heteroatoms. The lowest BCUT2D eigenvalue weighted by atomic mass is 10.1. The summed E-state index contributed by atoms with van der Waals surface area (Å²) in [6.45, 7) is 6.88. The third kappa shape index (κ3) is 4.82. The first-order chi connectivity index (χ1) is 12.1. The molecule has 0 saturated heterocycles. The Labute approximate surface area is 147 Å². The molecule has 0 fully saturated rings. The molecule has 0 saturated carbocycles. The molecule has 0 unspecified atom stereocenters. The Morgan fingerprint density at radius 1 is 1.40 bits per heavy atom. The van der Waals surface area contributed by atoms with Gasteiger partial charge in [-0.05, 0) is 25.3 Å². The Morgan fingerprint density at radius 2 is 2.28 bits per heavy atom. The number of nitrogens with one attached hydrogen (secondary N) is 1. The second kappa shape index (κ2) is 8.15. The molecule has 1 aliphatic heterocycles. The predicted octanol–water partition coefficient (Wildman–Crippen LogP) is 1.19. The Hall–Kier alpha value is -2.35. The minimum atomic E-state index is -0.0696. The summed E-state index contributed by atoms with van der Waals surface area (Å²) < 4.78 is 5.29. The van der Waals surface area contributed by atoms with Crippen LogP contribution in [0.2, 0.25) is 0 Å². The van der Waals surface area contributed by atoms with E-state index in [-0.39, 0.29) is 12.3 Å². The minimum Gasteiger partial charge on any atom is -0.356 e. The van der Waals surface area contributed by atoms with E-state index in [2.05, 4.69) is 37.2 Å².